The number of hydrogen-bond acceptors (Lipinski definition) is 6. The van der Waals surface area contributed by atoms with E-state index in [0.717, 1.165) is 19.3 Å². The summed E-state index contributed by atoms with van der Waals surface area (Å²) < 4.78 is 1.75. The molecule has 1 fully saturated rings. The summed E-state index contributed by atoms with van der Waals surface area (Å²) in [7, 11) is 1.79. The molecule has 1 amide bonds. The number of nitrogens with one attached hydrogen (secondary N) is 1. The van der Waals surface area contributed by atoms with Gasteiger partial charge in [-0.15, -0.1) is 10.2 Å². The van der Waals surface area contributed by atoms with Crippen molar-refractivity contribution in [2.75, 3.05) is 5.75 Å². The third-order valence-electron chi connectivity index (χ3n) is 4.94. The van der Waals surface area contributed by atoms with Crippen molar-refractivity contribution in [3.05, 3.63) is 34.4 Å². The van der Waals surface area contributed by atoms with Crippen LogP contribution in [0, 0.1) is 16.0 Å². The number of nitro groups is 1. The summed E-state index contributed by atoms with van der Waals surface area (Å²) in [5.41, 5.74) is 0.622. The minimum Gasteiger partial charge on any atom is -0.352 e. The summed E-state index contributed by atoms with van der Waals surface area (Å²) >= 11 is 1.31. The van der Waals surface area contributed by atoms with Gasteiger partial charge in [0, 0.05) is 30.8 Å². The quantitative estimate of drug-likeness (QED) is 0.462. The molecule has 0 saturated heterocycles. The molecule has 0 spiro atoms. The van der Waals surface area contributed by atoms with Gasteiger partial charge in [-0.2, -0.15) is 0 Å². The largest absolute Gasteiger partial charge is 0.352 e. The van der Waals surface area contributed by atoms with E-state index in [1.54, 1.807) is 23.7 Å². The molecule has 1 aromatic heterocycles. The highest BCUT2D eigenvalue weighted by Gasteiger charge is 2.23. The molecule has 0 bridgehead atoms. The summed E-state index contributed by atoms with van der Waals surface area (Å²) in [4.78, 5) is 22.8. The molecule has 2 atom stereocenters. The van der Waals surface area contributed by atoms with Crippen LogP contribution in [0.4, 0.5) is 5.69 Å². The van der Waals surface area contributed by atoms with Crippen LogP contribution in [0.15, 0.2) is 29.4 Å². The van der Waals surface area contributed by atoms with E-state index in [9.17, 15) is 14.9 Å². The van der Waals surface area contributed by atoms with Crippen molar-refractivity contribution in [2.24, 2.45) is 13.0 Å². The second-order valence-electron chi connectivity index (χ2n) is 6.90. The van der Waals surface area contributed by atoms with Crippen LogP contribution in [-0.4, -0.2) is 37.4 Å². The SMILES string of the molecule is C[C@@H]1CCCC[C@H]1NC(=O)CSc1nnc(-c2cccc([N+](=O)[O-])c2)n1C. The Morgan fingerprint density at radius 3 is 2.89 bits per heavy atom. The molecule has 144 valence electrons. The zero-order chi connectivity index (χ0) is 19.4. The first kappa shape index (κ1) is 19.3. The highest BCUT2D eigenvalue weighted by atomic mass is 32.2. The van der Waals surface area contributed by atoms with Gasteiger partial charge in [0.2, 0.25) is 5.91 Å². The lowest BCUT2D eigenvalue weighted by Gasteiger charge is -2.29. The van der Waals surface area contributed by atoms with Gasteiger partial charge in [0.1, 0.15) is 0 Å². The molecule has 2 aromatic rings. The zero-order valence-electron chi connectivity index (χ0n) is 15.4. The Balaban J connectivity index is 1.63. The number of non-ortho nitro benzene ring substituents is 1. The van der Waals surface area contributed by atoms with E-state index >= 15 is 0 Å². The van der Waals surface area contributed by atoms with Crippen molar-refractivity contribution in [2.45, 2.75) is 43.8 Å². The van der Waals surface area contributed by atoms with Gasteiger partial charge in [-0.3, -0.25) is 14.9 Å². The summed E-state index contributed by atoms with van der Waals surface area (Å²) in [5.74, 6) is 1.31. The molecule has 1 aliphatic carbocycles. The smallest absolute Gasteiger partial charge is 0.270 e. The summed E-state index contributed by atoms with van der Waals surface area (Å²) in [6.45, 7) is 2.19. The van der Waals surface area contributed by atoms with E-state index < -0.39 is 4.92 Å². The molecular weight excluding hydrogens is 366 g/mol. The van der Waals surface area contributed by atoms with Gasteiger partial charge in [0.15, 0.2) is 11.0 Å². The van der Waals surface area contributed by atoms with Crippen molar-refractivity contribution in [1.29, 1.82) is 0 Å². The van der Waals surface area contributed by atoms with Gasteiger partial charge < -0.3 is 9.88 Å². The number of rotatable bonds is 6. The normalized spacial score (nSPS) is 19.6. The van der Waals surface area contributed by atoms with Crippen LogP contribution >= 0.6 is 11.8 Å². The highest BCUT2D eigenvalue weighted by Crippen LogP contribution is 2.26. The third kappa shape index (κ3) is 4.65. The van der Waals surface area contributed by atoms with E-state index in [1.807, 2.05) is 0 Å². The number of aromatic nitrogens is 3. The van der Waals surface area contributed by atoms with Gasteiger partial charge in [0.25, 0.3) is 5.69 Å². The fraction of sp³-hybridized carbons (Fsp3) is 0.500. The van der Waals surface area contributed by atoms with Crippen molar-refractivity contribution in [3.63, 3.8) is 0 Å². The van der Waals surface area contributed by atoms with Crippen LogP contribution in [0.3, 0.4) is 0 Å². The van der Waals surface area contributed by atoms with Crippen LogP contribution < -0.4 is 5.32 Å². The van der Waals surface area contributed by atoms with Gasteiger partial charge in [-0.25, -0.2) is 0 Å². The molecule has 9 heteroatoms. The van der Waals surface area contributed by atoms with Gasteiger partial charge in [-0.1, -0.05) is 43.7 Å². The molecule has 0 unspecified atom stereocenters. The first-order valence-electron chi connectivity index (χ1n) is 9.02. The topological polar surface area (TPSA) is 103 Å². The molecule has 1 saturated carbocycles. The molecule has 1 N–H and O–H groups in total. The predicted octanol–water partition coefficient (Wildman–Crippen LogP) is 3.18. The molecule has 3 rings (SSSR count). The molecule has 27 heavy (non-hydrogen) atoms. The van der Waals surface area contributed by atoms with Crippen molar-refractivity contribution >= 4 is 23.4 Å². The van der Waals surface area contributed by atoms with E-state index in [1.165, 1.54) is 30.3 Å². The molecule has 8 nitrogen and oxygen atoms in total. The van der Waals surface area contributed by atoms with E-state index in [2.05, 4.69) is 22.4 Å². The predicted molar refractivity (Wildman–Crippen MR) is 103 cm³/mol. The van der Waals surface area contributed by atoms with E-state index in [4.69, 9.17) is 0 Å². The van der Waals surface area contributed by atoms with Crippen LogP contribution in [-0.2, 0) is 11.8 Å². The number of carbonyl (C=O) groups excluding carboxylic acids is 1. The monoisotopic (exact) mass is 389 g/mol. The van der Waals surface area contributed by atoms with Crippen LogP contribution in [0.2, 0.25) is 0 Å². The first-order valence-corrected chi connectivity index (χ1v) is 10.0. The molecule has 0 radical (unpaired) electrons. The Kier molecular flexibility index (Phi) is 6.10. The lowest BCUT2D eigenvalue weighted by molar-refractivity contribution is -0.384. The maximum absolute atomic E-state index is 12.3. The molecule has 1 aromatic carbocycles. The molecular formula is C18H23N5O3S. The van der Waals surface area contributed by atoms with E-state index in [-0.39, 0.29) is 23.4 Å². The van der Waals surface area contributed by atoms with Crippen molar-refractivity contribution in [3.8, 4) is 11.4 Å². The fourth-order valence-corrected chi connectivity index (χ4v) is 4.08. The number of thioether (sulfide) groups is 1. The van der Waals surface area contributed by atoms with Crippen LogP contribution in [0.25, 0.3) is 11.4 Å². The van der Waals surface area contributed by atoms with Gasteiger partial charge >= 0.3 is 0 Å². The molecule has 0 aliphatic heterocycles. The van der Waals surface area contributed by atoms with Crippen LogP contribution in [0.1, 0.15) is 32.6 Å². The lowest BCUT2D eigenvalue weighted by Crippen LogP contribution is -2.41. The fourth-order valence-electron chi connectivity index (χ4n) is 3.36. The number of carbonyl (C=O) groups is 1. The van der Waals surface area contributed by atoms with E-state index in [0.29, 0.717) is 22.5 Å². The average Bonchev–Trinajstić information content (AvgIpc) is 3.02. The highest BCUT2D eigenvalue weighted by molar-refractivity contribution is 7.99. The lowest BCUT2D eigenvalue weighted by atomic mass is 9.86. The Labute approximate surface area is 161 Å². The second kappa shape index (κ2) is 8.51. The average molecular weight is 389 g/mol. The summed E-state index contributed by atoms with van der Waals surface area (Å²) in [5, 5.41) is 22.9. The van der Waals surface area contributed by atoms with Crippen LogP contribution in [0.5, 0.6) is 0 Å². The summed E-state index contributed by atoms with van der Waals surface area (Å²) in [6, 6.07) is 6.53. The van der Waals surface area contributed by atoms with Gasteiger partial charge in [-0.05, 0) is 18.8 Å². The second-order valence-corrected chi connectivity index (χ2v) is 7.84. The Hall–Kier alpha value is -2.42. The standard InChI is InChI=1S/C18H23N5O3S/c1-12-6-3-4-9-15(12)19-16(24)11-27-18-21-20-17(22(18)2)13-7-5-8-14(10-13)23(25)26/h5,7-8,10,12,15H,3-4,6,9,11H2,1-2H3,(H,19,24)/t12-,15-/m1/s1. The minimum atomic E-state index is -0.438. The third-order valence-corrected chi connectivity index (χ3v) is 5.96. The maximum Gasteiger partial charge on any atom is 0.270 e. The molecule has 1 aliphatic rings. The Morgan fingerprint density at radius 1 is 1.37 bits per heavy atom. The number of nitro benzene ring substituents is 1. The van der Waals surface area contributed by atoms with Gasteiger partial charge in [0.05, 0.1) is 10.7 Å². The maximum atomic E-state index is 12.3. The Bertz CT molecular complexity index is 838. The minimum absolute atomic E-state index is 0.00125. The first-order chi connectivity index (χ1) is 13.0. The molecule has 1 heterocycles. The summed E-state index contributed by atoms with van der Waals surface area (Å²) in [6.07, 6.45) is 4.60. The number of hydrogen-bond donors (Lipinski definition) is 1. The number of nitrogens with zero attached hydrogens (tertiary/aromatic N) is 4. The Morgan fingerprint density at radius 2 is 2.15 bits per heavy atom. The number of amides is 1. The van der Waals surface area contributed by atoms with Crippen molar-refractivity contribution < 1.29 is 9.72 Å². The number of benzene rings is 1. The zero-order valence-corrected chi connectivity index (χ0v) is 16.2. The van der Waals surface area contributed by atoms with Crippen molar-refractivity contribution in [1.82, 2.24) is 20.1 Å².